The average molecular weight is 345 g/mol. The standard InChI is InChI=1S/C13H10ClFN2O2S2/c14-11-6-1-8(13(16)20)7-12(11)21(18,19)17-10-4-2-9(15)3-5-10/h1-7,17H,(H2,16,20). The molecule has 0 spiro atoms. The van der Waals surface area contributed by atoms with Crippen molar-refractivity contribution in [2.24, 2.45) is 5.73 Å². The van der Waals surface area contributed by atoms with Gasteiger partial charge in [0, 0.05) is 11.3 Å². The zero-order valence-electron chi connectivity index (χ0n) is 10.5. The van der Waals surface area contributed by atoms with Crippen molar-refractivity contribution in [1.82, 2.24) is 0 Å². The van der Waals surface area contributed by atoms with Gasteiger partial charge in [0.2, 0.25) is 0 Å². The van der Waals surface area contributed by atoms with Gasteiger partial charge in [-0.3, -0.25) is 4.72 Å². The van der Waals surface area contributed by atoms with Crippen molar-refractivity contribution in [3.63, 3.8) is 0 Å². The van der Waals surface area contributed by atoms with Gasteiger partial charge in [0.25, 0.3) is 10.0 Å². The highest BCUT2D eigenvalue weighted by Crippen LogP contribution is 2.25. The molecule has 2 rings (SSSR count). The number of rotatable bonds is 4. The number of sulfonamides is 1. The van der Waals surface area contributed by atoms with Gasteiger partial charge in [-0.25, -0.2) is 12.8 Å². The molecule has 0 bridgehead atoms. The van der Waals surface area contributed by atoms with Gasteiger partial charge in [0.15, 0.2) is 0 Å². The maximum atomic E-state index is 12.8. The molecule has 110 valence electrons. The fourth-order valence-corrected chi connectivity index (χ4v) is 3.30. The molecule has 21 heavy (non-hydrogen) atoms. The van der Waals surface area contributed by atoms with Gasteiger partial charge < -0.3 is 5.73 Å². The Balaban J connectivity index is 2.41. The zero-order chi connectivity index (χ0) is 15.6. The van der Waals surface area contributed by atoms with E-state index < -0.39 is 15.8 Å². The van der Waals surface area contributed by atoms with Crippen LogP contribution in [0.3, 0.4) is 0 Å². The van der Waals surface area contributed by atoms with Crippen molar-refractivity contribution in [2.45, 2.75) is 4.90 Å². The van der Waals surface area contributed by atoms with Gasteiger partial charge in [-0.05, 0) is 36.4 Å². The molecule has 0 saturated heterocycles. The minimum absolute atomic E-state index is 0.0320. The molecule has 0 fully saturated rings. The molecule has 0 aliphatic heterocycles. The lowest BCUT2D eigenvalue weighted by Crippen LogP contribution is -2.16. The Kier molecular flexibility index (Phi) is 4.46. The van der Waals surface area contributed by atoms with E-state index in [1.165, 1.54) is 30.3 Å². The molecule has 0 aliphatic rings. The monoisotopic (exact) mass is 344 g/mol. The highest BCUT2D eigenvalue weighted by Gasteiger charge is 2.19. The third kappa shape index (κ3) is 3.69. The van der Waals surface area contributed by atoms with Crippen LogP contribution in [0, 0.1) is 5.82 Å². The van der Waals surface area contributed by atoms with Crippen LogP contribution in [0.4, 0.5) is 10.1 Å². The Morgan fingerprint density at radius 3 is 2.38 bits per heavy atom. The van der Waals surface area contributed by atoms with Crippen molar-refractivity contribution in [3.8, 4) is 0 Å². The first-order valence-electron chi connectivity index (χ1n) is 5.67. The number of nitrogens with one attached hydrogen (secondary N) is 1. The normalized spacial score (nSPS) is 11.1. The van der Waals surface area contributed by atoms with Crippen LogP contribution in [0.25, 0.3) is 0 Å². The number of hydrogen-bond acceptors (Lipinski definition) is 3. The van der Waals surface area contributed by atoms with Crippen molar-refractivity contribution >= 4 is 44.5 Å². The van der Waals surface area contributed by atoms with Gasteiger partial charge in [-0.2, -0.15) is 0 Å². The summed E-state index contributed by atoms with van der Waals surface area (Å²) in [6.07, 6.45) is 0. The second kappa shape index (κ2) is 5.97. The fraction of sp³-hybridized carbons (Fsp3) is 0. The molecule has 4 nitrogen and oxygen atoms in total. The second-order valence-electron chi connectivity index (χ2n) is 4.12. The van der Waals surface area contributed by atoms with Gasteiger partial charge in [-0.15, -0.1) is 0 Å². The van der Waals surface area contributed by atoms with Crippen LogP contribution in [0.5, 0.6) is 0 Å². The van der Waals surface area contributed by atoms with Crippen molar-refractivity contribution in [3.05, 3.63) is 58.9 Å². The molecule has 8 heteroatoms. The van der Waals surface area contributed by atoms with E-state index in [4.69, 9.17) is 29.6 Å². The van der Waals surface area contributed by atoms with E-state index in [0.717, 1.165) is 12.1 Å². The van der Waals surface area contributed by atoms with Crippen LogP contribution in [0.2, 0.25) is 5.02 Å². The predicted octanol–water partition coefficient (Wildman–Crippen LogP) is 2.91. The summed E-state index contributed by atoms with van der Waals surface area (Å²) in [4.78, 5) is -0.0938. The van der Waals surface area contributed by atoms with E-state index in [-0.39, 0.29) is 20.6 Å². The molecule has 0 unspecified atom stereocenters. The summed E-state index contributed by atoms with van der Waals surface area (Å²) in [5, 5.41) is 0.0320. The summed E-state index contributed by atoms with van der Waals surface area (Å²) >= 11 is 10.7. The lowest BCUT2D eigenvalue weighted by Gasteiger charge is -2.10. The van der Waals surface area contributed by atoms with Crippen LogP contribution in [0.1, 0.15) is 5.56 Å². The highest BCUT2D eigenvalue weighted by molar-refractivity contribution is 7.92. The van der Waals surface area contributed by atoms with Crippen LogP contribution >= 0.6 is 23.8 Å². The Hall–Kier alpha value is -1.70. The molecule has 0 heterocycles. The SMILES string of the molecule is NC(=S)c1ccc(Cl)c(S(=O)(=O)Nc2ccc(F)cc2)c1. The summed E-state index contributed by atoms with van der Waals surface area (Å²) in [5.41, 5.74) is 6.08. The Morgan fingerprint density at radius 1 is 1.19 bits per heavy atom. The number of anilines is 1. The van der Waals surface area contributed by atoms with E-state index in [0.29, 0.717) is 5.56 Å². The first kappa shape index (κ1) is 15.7. The van der Waals surface area contributed by atoms with E-state index >= 15 is 0 Å². The van der Waals surface area contributed by atoms with Crippen LogP contribution < -0.4 is 10.5 Å². The fourth-order valence-electron chi connectivity index (χ4n) is 1.59. The number of halogens is 2. The Labute approximate surface area is 131 Å². The lowest BCUT2D eigenvalue weighted by atomic mass is 10.2. The summed E-state index contributed by atoms with van der Waals surface area (Å²) in [5.74, 6) is -0.466. The molecule has 0 amide bonds. The Bertz CT molecular complexity index is 792. The molecule has 0 aliphatic carbocycles. The molecule has 0 atom stereocenters. The molecule has 0 radical (unpaired) electrons. The molecule has 3 N–H and O–H groups in total. The van der Waals surface area contributed by atoms with Gasteiger partial charge in [0.05, 0.1) is 5.02 Å². The summed E-state index contributed by atoms with van der Waals surface area (Å²) in [6, 6.07) is 9.11. The number of benzene rings is 2. The zero-order valence-corrected chi connectivity index (χ0v) is 12.9. The number of thiocarbonyl (C=S) groups is 1. The number of hydrogen-bond donors (Lipinski definition) is 2. The lowest BCUT2D eigenvalue weighted by molar-refractivity contribution is 0.601. The largest absolute Gasteiger partial charge is 0.389 e. The van der Waals surface area contributed by atoms with E-state index in [9.17, 15) is 12.8 Å². The third-order valence-electron chi connectivity index (χ3n) is 2.60. The van der Waals surface area contributed by atoms with E-state index in [1.54, 1.807) is 0 Å². The molecule has 2 aromatic rings. The minimum atomic E-state index is -3.93. The summed E-state index contributed by atoms with van der Waals surface area (Å²) < 4.78 is 39.7. The predicted molar refractivity (Wildman–Crippen MR) is 84.5 cm³/mol. The topological polar surface area (TPSA) is 72.2 Å². The van der Waals surface area contributed by atoms with Crippen molar-refractivity contribution in [2.75, 3.05) is 4.72 Å². The van der Waals surface area contributed by atoms with Crippen LogP contribution in [-0.2, 0) is 10.0 Å². The number of nitrogens with two attached hydrogens (primary N) is 1. The highest BCUT2D eigenvalue weighted by atomic mass is 35.5. The van der Waals surface area contributed by atoms with Crippen molar-refractivity contribution in [1.29, 1.82) is 0 Å². The second-order valence-corrected chi connectivity index (χ2v) is 6.62. The molecule has 0 aromatic heterocycles. The first-order chi connectivity index (χ1) is 9.79. The minimum Gasteiger partial charge on any atom is -0.389 e. The summed E-state index contributed by atoms with van der Waals surface area (Å²) in [7, 11) is -3.93. The van der Waals surface area contributed by atoms with E-state index in [1.807, 2.05) is 0 Å². The maximum Gasteiger partial charge on any atom is 0.263 e. The van der Waals surface area contributed by atoms with Crippen molar-refractivity contribution < 1.29 is 12.8 Å². The van der Waals surface area contributed by atoms with Gasteiger partial charge in [0.1, 0.15) is 15.7 Å². The quantitative estimate of drug-likeness (QED) is 0.836. The first-order valence-corrected chi connectivity index (χ1v) is 7.94. The maximum absolute atomic E-state index is 12.8. The van der Waals surface area contributed by atoms with Crippen LogP contribution in [0.15, 0.2) is 47.4 Å². The summed E-state index contributed by atoms with van der Waals surface area (Å²) in [6.45, 7) is 0. The van der Waals surface area contributed by atoms with Gasteiger partial charge in [-0.1, -0.05) is 29.9 Å². The molecule has 2 aromatic carbocycles. The van der Waals surface area contributed by atoms with Gasteiger partial charge >= 0.3 is 0 Å². The molecule has 0 saturated carbocycles. The Morgan fingerprint density at radius 2 is 1.81 bits per heavy atom. The van der Waals surface area contributed by atoms with E-state index in [2.05, 4.69) is 4.72 Å². The third-order valence-corrected chi connectivity index (χ3v) is 4.70. The molecular formula is C13H10ClFN2O2S2. The smallest absolute Gasteiger partial charge is 0.263 e. The van der Waals surface area contributed by atoms with Crippen LogP contribution in [-0.4, -0.2) is 13.4 Å². The average Bonchev–Trinajstić information content (AvgIpc) is 2.41. The molecular weight excluding hydrogens is 335 g/mol.